The van der Waals surface area contributed by atoms with E-state index in [1.165, 1.54) is 38.5 Å². The summed E-state index contributed by atoms with van der Waals surface area (Å²) in [6, 6.07) is 0. The van der Waals surface area contributed by atoms with Crippen LogP contribution in [0.3, 0.4) is 0 Å². The highest BCUT2D eigenvalue weighted by molar-refractivity contribution is 4.79. The lowest BCUT2D eigenvalue weighted by atomic mass is 10.1. The van der Waals surface area contributed by atoms with Crippen LogP contribution in [0.1, 0.15) is 45.4 Å². The molecule has 0 saturated heterocycles. The molecule has 0 aliphatic heterocycles. The zero-order valence-electron chi connectivity index (χ0n) is 7.68. The first-order valence-electron chi connectivity index (χ1n) is 4.77. The Labute approximate surface area is 70.7 Å². The number of rotatable bonds is 7. The fourth-order valence-electron chi connectivity index (χ4n) is 1.04. The van der Waals surface area contributed by atoms with Crippen molar-refractivity contribution in [2.45, 2.75) is 45.4 Å². The summed E-state index contributed by atoms with van der Waals surface area (Å²) in [7, 11) is 0. The molecule has 66 valence electrons. The maximum Gasteiger partial charge on any atom is -0.00773 e. The van der Waals surface area contributed by atoms with Gasteiger partial charge in [-0.2, -0.15) is 0 Å². The summed E-state index contributed by atoms with van der Waals surface area (Å²) in [6.45, 7) is 3.02. The van der Waals surface area contributed by atoms with Crippen LogP contribution in [0.2, 0.25) is 0 Å². The van der Waals surface area contributed by atoms with E-state index >= 15 is 0 Å². The molecule has 0 amide bonds. The van der Waals surface area contributed by atoms with Crippen molar-refractivity contribution >= 4 is 0 Å². The van der Waals surface area contributed by atoms with Gasteiger partial charge in [-0.15, -0.1) is 0 Å². The number of unbranched alkanes of at least 4 members (excludes halogenated alkanes) is 4. The minimum Gasteiger partial charge on any atom is -0.330 e. The van der Waals surface area contributed by atoms with E-state index in [1.807, 2.05) is 0 Å². The highest BCUT2D eigenvalue weighted by atomic mass is 14.5. The number of nitrogens with two attached hydrogens (primary N) is 1. The molecule has 0 aromatic carbocycles. The first-order chi connectivity index (χ1) is 5.41. The van der Waals surface area contributed by atoms with Crippen LogP contribution >= 0.6 is 0 Å². The molecule has 0 radical (unpaired) electrons. The Morgan fingerprint density at radius 3 is 2.36 bits per heavy atom. The maximum absolute atomic E-state index is 5.38. The van der Waals surface area contributed by atoms with Gasteiger partial charge in [0.2, 0.25) is 0 Å². The molecule has 2 N–H and O–H groups in total. The average molecular weight is 155 g/mol. The van der Waals surface area contributed by atoms with Gasteiger partial charge in [0.25, 0.3) is 0 Å². The second-order valence-electron chi connectivity index (χ2n) is 2.87. The monoisotopic (exact) mass is 155 g/mol. The van der Waals surface area contributed by atoms with Crippen molar-refractivity contribution in [2.75, 3.05) is 6.54 Å². The lowest BCUT2D eigenvalue weighted by molar-refractivity contribution is 0.652. The summed E-state index contributed by atoms with van der Waals surface area (Å²) in [5.74, 6) is 0. The third kappa shape index (κ3) is 9.70. The average Bonchev–Trinajstić information content (AvgIpc) is 2.03. The van der Waals surface area contributed by atoms with Gasteiger partial charge in [0.1, 0.15) is 0 Å². The normalized spacial score (nSPS) is 11.1. The smallest absolute Gasteiger partial charge is 0.00773 e. The Balaban J connectivity index is 2.85. The summed E-state index contributed by atoms with van der Waals surface area (Å²) in [5, 5.41) is 0. The van der Waals surface area contributed by atoms with E-state index < -0.39 is 0 Å². The van der Waals surface area contributed by atoms with Gasteiger partial charge in [0.05, 0.1) is 0 Å². The van der Waals surface area contributed by atoms with Crippen molar-refractivity contribution in [1.29, 1.82) is 0 Å². The van der Waals surface area contributed by atoms with E-state index in [4.69, 9.17) is 5.73 Å². The second-order valence-corrected chi connectivity index (χ2v) is 2.87. The van der Waals surface area contributed by atoms with Crippen LogP contribution in [-0.2, 0) is 0 Å². The standard InChI is InChI=1S/C10H21N/c1-2-3-4-5-6-7-8-9-10-11/h3-4H,2,5-11H2,1H3/b4-3+. The minimum absolute atomic E-state index is 0.852. The molecule has 0 heterocycles. The molecule has 0 aromatic rings. The molecule has 0 aromatic heterocycles. The Kier molecular flexibility index (Phi) is 9.44. The molecule has 1 nitrogen and oxygen atoms in total. The molecule has 0 rings (SSSR count). The highest BCUT2D eigenvalue weighted by Gasteiger charge is 1.85. The Morgan fingerprint density at radius 2 is 1.73 bits per heavy atom. The molecule has 0 fully saturated rings. The van der Waals surface area contributed by atoms with Crippen molar-refractivity contribution in [1.82, 2.24) is 0 Å². The van der Waals surface area contributed by atoms with Gasteiger partial charge in [0, 0.05) is 0 Å². The molecule has 1 heteroatoms. The number of allylic oxidation sites excluding steroid dienone is 2. The van der Waals surface area contributed by atoms with Crippen molar-refractivity contribution < 1.29 is 0 Å². The largest absolute Gasteiger partial charge is 0.330 e. The van der Waals surface area contributed by atoms with E-state index in [-0.39, 0.29) is 0 Å². The van der Waals surface area contributed by atoms with Gasteiger partial charge >= 0.3 is 0 Å². The molecule has 0 spiro atoms. The first-order valence-corrected chi connectivity index (χ1v) is 4.77. The Bertz CT molecular complexity index is 86.9. The van der Waals surface area contributed by atoms with E-state index in [1.54, 1.807) is 0 Å². The summed E-state index contributed by atoms with van der Waals surface area (Å²) < 4.78 is 0. The molecule has 0 unspecified atom stereocenters. The molecule has 0 atom stereocenters. The molecule has 0 bridgehead atoms. The Morgan fingerprint density at radius 1 is 1.00 bits per heavy atom. The summed E-state index contributed by atoms with van der Waals surface area (Å²) in [6.07, 6.45) is 12.1. The highest BCUT2D eigenvalue weighted by Crippen LogP contribution is 2.02. The lowest BCUT2D eigenvalue weighted by Crippen LogP contribution is -1.97. The Hall–Kier alpha value is -0.300. The zero-order chi connectivity index (χ0) is 8.36. The molecule has 11 heavy (non-hydrogen) atoms. The van der Waals surface area contributed by atoms with Gasteiger partial charge in [-0.25, -0.2) is 0 Å². The fourth-order valence-corrected chi connectivity index (χ4v) is 1.04. The second kappa shape index (κ2) is 9.70. The number of hydrogen-bond donors (Lipinski definition) is 1. The van der Waals surface area contributed by atoms with Crippen molar-refractivity contribution in [2.24, 2.45) is 5.73 Å². The van der Waals surface area contributed by atoms with Crippen LogP contribution in [0.15, 0.2) is 12.2 Å². The quantitative estimate of drug-likeness (QED) is 0.444. The van der Waals surface area contributed by atoms with Crippen LogP contribution in [0, 0.1) is 0 Å². The third-order valence-electron chi connectivity index (χ3n) is 1.73. The first kappa shape index (κ1) is 10.7. The lowest BCUT2D eigenvalue weighted by Gasteiger charge is -1.95. The predicted octanol–water partition coefficient (Wildman–Crippen LogP) is 2.86. The molecular formula is C10H21N. The summed E-state index contributed by atoms with van der Waals surface area (Å²) in [4.78, 5) is 0. The fraction of sp³-hybridized carbons (Fsp3) is 0.800. The summed E-state index contributed by atoms with van der Waals surface area (Å²) in [5.41, 5.74) is 5.38. The van der Waals surface area contributed by atoms with Crippen LogP contribution < -0.4 is 5.73 Å². The number of hydrogen-bond acceptors (Lipinski definition) is 1. The van der Waals surface area contributed by atoms with Crippen molar-refractivity contribution in [3.8, 4) is 0 Å². The molecular weight excluding hydrogens is 134 g/mol. The van der Waals surface area contributed by atoms with E-state index in [0.717, 1.165) is 6.54 Å². The minimum atomic E-state index is 0.852. The van der Waals surface area contributed by atoms with E-state index in [0.29, 0.717) is 0 Å². The SMILES string of the molecule is CC/C=C/CCCCCCN. The summed E-state index contributed by atoms with van der Waals surface area (Å²) >= 11 is 0. The zero-order valence-corrected chi connectivity index (χ0v) is 7.68. The molecule has 0 aliphatic rings. The van der Waals surface area contributed by atoms with Gasteiger partial charge in [0.15, 0.2) is 0 Å². The van der Waals surface area contributed by atoms with Crippen LogP contribution in [0.5, 0.6) is 0 Å². The van der Waals surface area contributed by atoms with Crippen LogP contribution in [0.4, 0.5) is 0 Å². The van der Waals surface area contributed by atoms with Crippen molar-refractivity contribution in [3.63, 3.8) is 0 Å². The van der Waals surface area contributed by atoms with Gasteiger partial charge in [-0.1, -0.05) is 31.9 Å². The predicted molar refractivity (Wildman–Crippen MR) is 51.6 cm³/mol. The topological polar surface area (TPSA) is 26.0 Å². The van der Waals surface area contributed by atoms with Crippen molar-refractivity contribution in [3.05, 3.63) is 12.2 Å². The third-order valence-corrected chi connectivity index (χ3v) is 1.73. The van der Waals surface area contributed by atoms with E-state index in [2.05, 4.69) is 19.1 Å². The molecule has 0 aliphatic carbocycles. The molecule has 0 saturated carbocycles. The van der Waals surface area contributed by atoms with Gasteiger partial charge < -0.3 is 5.73 Å². The van der Waals surface area contributed by atoms with Gasteiger partial charge in [-0.05, 0) is 32.2 Å². The maximum atomic E-state index is 5.38. The van der Waals surface area contributed by atoms with Gasteiger partial charge in [-0.3, -0.25) is 0 Å². The van der Waals surface area contributed by atoms with Crippen LogP contribution in [-0.4, -0.2) is 6.54 Å². The van der Waals surface area contributed by atoms with E-state index in [9.17, 15) is 0 Å². The van der Waals surface area contributed by atoms with Crippen LogP contribution in [0.25, 0.3) is 0 Å².